The Labute approximate surface area is 162 Å². The molecule has 2 rings (SSSR count). The fourth-order valence-corrected chi connectivity index (χ4v) is 2.52. The summed E-state index contributed by atoms with van der Waals surface area (Å²) >= 11 is 0. The molecule has 8 heteroatoms. The molecular weight excluding hydrogens is 366 g/mol. The van der Waals surface area contributed by atoms with Crippen LogP contribution in [0.15, 0.2) is 36.4 Å². The summed E-state index contributed by atoms with van der Waals surface area (Å²) in [6.45, 7) is 0. The smallest absolute Gasteiger partial charge is 0.303 e. The molecule has 0 saturated heterocycles. The highest BCUT2D eigenvalue weighted by Gasteiger charge is 2.17. The van der Waals surface area contributed by atoms with E-state index in [9.17, 15) is 14.4 Å². The Morgan fingerprint density at radius 3 is 1.89 bits per heavy atom. The van der Waals surface area contributed by atoms with Crippen molar-refractivity contribution in [1.29, 1.82) is 0 Å². The number of benzene rings is 2. The van der Waals surface area contributed by atoms with Gasteiger partial charge in [-0.05, 0) is 36.4 Å². The van der Waals surface area contributed by atoms with Crippen LogP contribution in [0.4, 0.5) is 5.69 Å². The minimum Gasteiger partial charge on any atom is -0.493 e. The Balaban J connectivity index is 2.14. The molecular formula is C20H21NO7. The lowest BCUT2D eigenvalue weighted by Gasteiger charge is -2.14. The van der Waals surface area contributed by atoms with Crippen LogP contribution in [0.5, 0.6) is 17.2 Å². The third kappa shape index (κ3) is 5.00. The van der Waals surface area contributed by atoms with Crippen molar-refractivity contribution in [2.45, 2.75) is 12.8 Å². The van der Waals surface area contributed by atoms with Gasteiger partial charge in [-0.15, -0.1) is 0 Å². The van der Waals surface area contributed by atoms with Crippen LogP contribution in [0, 0.1) is 0 Å². The standard InChI is InChI=1S/C20H21NO7/c1-26-16-10-13(11-17(27-2)19(16)28-3)20(25)21-14-6-4-12(5-7-14)15(22)8-9-18(23)24/h4-7,10-11H,8-9H2,1-3H3,(H,21,25)(H,23,24). The second kappa shape index (κ2) is 9.40. The summed E-state index contributed by atoms with van der Waals surface area (Å²) in [5.41, 5.74) is 1.16. The fraction of sp³-hybridized carbons (Fsp3) is 0.250. The average Bonchev–Trinajstić information content (AvgIpc) is 2.71. The van der Waals surface area contributed by atoms with E-state index < -0.39 is 11.9 Å². The number of Topliss-reactive ketones (excluding diaryl/α,β-unsaturated/α-hetero) is 1. The van der Waals surface area contributed by atoms with Gasteiger partial charge in [0.15, 0.2) is 17.3 Å². The molecule has 0 aliphatic rings. The van der Waals surface area contributed by atoms with Crippen LogP contribution in [0.3, 0.4) is 0 Å². The van der Waals surface area contributed by atoms with E-state index in [1.54, 1.807) is 12.1 Å². The number of amides is 1. The van der Waals surface area contributed by atoms with Gasteiger partial charge in [-0.1, -0.05) is 0 Å². The van der Waals surface area contributed by atoms with Crippen LogP contribution in [0.1, 0.15) is 33.6 Å². The highest BCUT2D eigenvalue weighted by Crippen LogP contribution is 2.38. The summed E-state index contributed by atoms with van der Waals surface area (Å²) in [4.78, 5) is 35.0. The van der Waals surface area contributed by atoms with E-state index in [1.165, 1.54) is 45.6 Å². The van der Waals surface area contributed by atoms with E-state index in [1.807, 2.05) is 0 Å². The lowest BCUT2D eigenvalue weighted by molar-refractivity contribution is -0.136. The number of hydrogen-bond acceptors (Lipinski definition) is 6. The van der Waals surface area contributed by atoms with Gasteiger partial charge in [0.1, 0.15) is 0 Å². The van der Waals surface area contributed by atoms with Gasteiger partial charge >= 0.3 is 5.97 Å². The largest absolute Gasteiger partial charge is 0.493 e. The number of rotatable bonds is 9. The summed E-state index contributed by atoms with van der Waals surface area (Å²) in [6.07, 6.45) is -0.301. The topological polar surface area (TPSA) is 111 Å². The van der Waals surface area contributed by atoms with Crippen molar-refractivity contribution < 1.29 is 33.7 Å². The zero-order valence-corrected chi connectivity index (χ0v) is 15.8. The Kier molecular flexibility index (Phi) is 6.97. The third-order valence-corrected chi connectivity index (χ3v) is 3.96. The van der Waals surface area contributed by atoms with Gasteiger partial charge in [-0.3, -0.25) is 14.4 Å². The number of methoxy groups -OCH3 is 3. The van der Waals surface area contributed by atoms with E-state index in [-0.39, 0.29) is 18.6 Å². The molecule has 0 aliphatic heterocycles. The van der Waals surface area contributed by atoms with Crippen molar-refractivity contribution in [1.82, 2.24) is 0 Å². The molecule has 0 spiro atoms. The molecule has 0 saturated carbocycles. The molecule has 8 nitrogen and oxygen atoms in total. The minimum atomic E-state index is -1.03. The van der Waals surface area contributed by atoms with Crippen molar-refractivity contribution in [2.75, 3.05) is 26.6 Å². The molecule has 2 aromatic rings. The second-order valence-corrected chi connectivity index (χ2v) is 5.76. The van der Waals surface area contributed by atoms with Crippen LogP contribution in [-0.2, 0) is 4.79 Å². The minimum absolute atomic E-state index is 0.0769. The summed E-state index contributed by atoms with van der Waals surface area (Å²) in [5, 5.41) is 11.4. The number of carbonyl (C=O) groups is 3. The van der Waals surface area contributed by atoms with E-state index >= 15 is 0 Å². The highest BCUT2D eigenvalue weighted by molar-refractivity contribution is 6.05. The molecule has 0 heterocycles. The predicted molar refractivity (Wildman–Crippen MR) is 102 cm³/mol. The van der Waals surface area contributed by atoms with Crippen LogP contribution >= 0.6 is 0 Å². The van der Waals surface area contributed by atoms with Crippen molar-refractivity contribution in [3.8, 4) is 17.2 Å². The van der Waals surface area contributed by atoms with Crippen molar-refractivity contribution >= 4 is 23.3 Å². The maximum atomic E-state index is 12.6. The molecule has 0 unspecified atom stereocenters. The summed E-state index contributed by atoms with van der Waals surface area (Å²) in [7, 11) is 4.39. The van der Waals surface area contributed by atoms with Crippen molar-refractivity contribution in [3.05, 3.63) is 47.5 Å². The summed E-state index contributed by atoms with van der Waals surface area (Å²) < 4.78 is 15.7. The van der Waals surface area contributed by atoms with Crippen LogP contribution in [-0.4, -0.2) is 44.1 Å². The predicted octanol–water partition coefficient (Wildman–Crippen LogP) is 3.01. The number of nitrogens with one attached hydrogen (secondary N) is 1. The number of ketones is 1. The van der Waals surface area contributed by atoms with Gasteiger partial charge in [0.05, 0.1) is 27.8 Å². The number of carbonyl (C=O) groups excluding carboxylic acids is 2. The van der Waals surface area contributed by atoms with Gasteiger partial charge < -0.3 is 24.6 Å². The number of carboxylic acids is 1. The molecule has 1 amide bonds. The number of hydrogen-bond donors (Lipinski definition) is 2. The Morgan fingerprint density at radius 2 is 1.43 bits per heavy atom. The molecule has 2 aromatic carbocycles. The van der Waals surface area contributed by atoms with Gasteiger partial charge in [0.2, 0.25) is 5.75 Å². The normalized spacial score (nSPS) is 10.1. The van der Waals surface area contributed by atoms with Gasteiger partial charge in [0.25, 0.3) is 5.91 Å². The maximum Gasteiger partial charge on any atom is 0.303 e. The highest BCUT2D eigenvalue weighted by atomic mass is 16.5. The molecule has 0 fully saturated rings. The number of anilines is 1. The molecule has 28 heavy (non-hydrogen) atoms. The average molecular weight is 387 g/mol. The zero-order valence-electron chi connectivity index (χ0n) is 15.8. The Hall–Kier alpha value is -3.55. The van der Waals surface area contributed by atoms with Crippen LogP contribution < -0.4 is 19.5 Å². The Morgan fingerprint density at radius 1 is 0.857 bits per heavy atom. The van der Waals surface area contributed by atoms with Crippen molar-refractivity contribution in [3.63, 3.8) is 0 Å². The molecule has 148 valence electrons. The van der Waals surface area contributed by atoms with Gasteiger partial charge in [-0.2, -0.15) is 0 Å². The zero-order chi connectivity index (χ0) is 20.7. The summed E-state index contributed by atoms with van der Waals surface area (Å²) in [5.74, 6) is -0.611. The molecule has 0 radical (unpaired) electrons. The Bertz CT molecular complexity index is 850. The van der Waals surface area contributed by atoms with Crippen LogP contribution in [0.25, 0.3) is 0 Å². The first-order chi connectivity index (χ1) is 13.4. The lowest BCUT2D eigenvalue weighted by Crippen LogP contribution is -2.13. The molecule has 0 bridgehead atoms. The summed E-state index contributed by atoms with van der Waals surface area (Å²) in [6, 6.07) is 9.28. The lowest BCUT2D eigenvalue weighted by atomic mass is 10.1. The van der Waals surface area contributed by atoms with Crippen LogP contribution in [0.2, 0.25) is 0 Å². The van der Waals surface area contributed by atoms with Gasteiger partial charge in [-0.25, -0.2) is 0 Å². The second-order valence-electron chi connectivity index (χ2n) is 5.76. The first kappa shape index (κ1) is 20.8. The first-order valence-electron chi connectivity index (χ1n) is 8.36. The first-order valence-corrected chi connectivity index (χ1v) is 8.36. The molecule has 2 N–H and O–H groups in total. The number of aliphatic carboxylic acids is 1. The molecule has 0 aromatic heterocycles. The fourth-order valence-electron chi connectivity index (χ4n) is 2.52. The molecule has 0 atom stereocenters. The number of carboxylic acid groups (broad SMARTS) is 1. The third-order valence-electron chi connectivity index (χ3n) is 3.96. The van der Waals surface area contributed by atoms with E-state index in [0.29, 0.717) is 34.1 Å². The van der Waals surface area contributed by atoms with Gasteiger partial charge in [0, 0.05) is 23.2 Å². The number of ether oxygens (including phenoxy) is 3. The SMILES string of the molecule is COc1cc(C(=O)Nc2ccc(C(=O)CCC(=O)O)cc2)cc(OC)c1OC. The van der Waals surface area contributed by atoms with E-state index in [0.717, 1.165) is 0 Å². The monoisotopic (exact) mass is 387 g/mol. The van der Waals surface area contributed by atoms with E-state index in [4.69, 9.17) is 19.3 Å². The van der Waals surface area contributed by atoms with Crippen molar-refractivity contribution in [2.24, 2.45) is 0 Å². The van der Waals surface area contributed by atoms with E-state index in [2.05, 4.69) is 5.32 Å². The molecule has 0 aliphatic carbocycles. The maximum absolute atomic E-state index is 12.6. The quantitative estimate of drug-likeness (QED) is 0.636.